The lowest BCUT2D eigenvalue weighted by atomic mass is 10.3. The van der Waals surface area contributed by atoms with Crippen LogP contribution in [0.4, 0.5) is 11.4 Å². The maximum atomic E-state index is 3.22. The Morgan fingerprint density at radius 1 is 0.389 bits per heavy atom. The van der Waals surface area contributed by atoms with Gasteiger partial charge in [0.2, 0.25) is 0 Å². The number of benzene rings is 1. The molecule has 0 saturated heterocycles. The number of hydrogen-bond donors (Lipinski definition) is 0. The summed E-state index contributed by atoms with van der Waals surface area (Å²) in [5.74, 6) is 0. The summed E-state index contributed by atoms with van der Waals surface area (Å²) in [7, 11) is -6.34. The van der Waals surface area contributed by atoms with Gasteiger partial charge in [0.1, 0.15) is 32.9 Å². The van der Waals surface area contributed by atoms with Crippen LogP contribution in [0.5, 0.6) is 0 Å². The summed E-state index contributed by atoms with van der Waals surface area (Å²) in [6.07, 6.45) is 0. The lowest BCUT2D eigenvalue weighted by molar-refractivity contribution is 1.05. The topological polar surface area (TPSA) is 6.48 Å². The van der Waals surface area contributed by atoms with Crippen LogP contribution in [0.3, 0.4) is 0 Å². The first-order valence-electron chi connectivity index (χ1n) is 15.9. The second kappa shape index (κ2) is 14.7. The van der Waals surface area contributed by atoms with Crippen LogP contribution in [0.1, 0.15) is 83.1 Å². The van der Waals surface area contributed by atoms with E-state index in [-0.39, 0.29) is 0 Å². The van der Waals surface area contributed by atoms with Crippen molar-refractivity contribution in [1.29, 1.82) is 0 Å². The fraction of sp³-hybridized carbons (Fsp3) is 0.800. The predicted molar refractivity (Wildman–Crippen MR) is 180 cm³/mol. The second-order valence-corrected chi connectivity index (χ2v) is 32.3. The number of anilines is 2. The molecule has 2 nitrogen and oxygen atoms in total. The minimum Gasteiger partial charge on any atom is -0.423 e. The number of rotatable bonds is 18. The van der Waals surface area contributed by atoms with Gasteiger partial charge in [-0.1, -0.05) is 89.2 Å². The third-order valence-corrected chi connectivity index (χ3v) is 37.5. The van der Waals surface area contributed by atoms with Gasteiger partial charge in [-0.05, 0) is 90.7 Å². The summed E-state index contributed by atoms with van der Waals surface area (Å²) < 4.78 is 6.45. The van der Waals surface area contributed by atoms with E-state index in [2.05, 4.69) is 116 Å². The van der Waals surface area contributed by atoms with Crippen LogP contribution in [0.25, 0.3) is 0 Å². The average Bonchev–Trinajstić information content (AvgIpc) is 2.95. The predicted octanol–water partition coefficient (Wildman–Crippen LogP) is 11.3. The van der Waals surface area contributed by atoms with Crippen molar-refractivity contribution in [3.63, 3.8) is 0 Å². The summed E-state index contributed by atoms with van der Waals surface area (Å²) in [4.78, 5) is 0. The third kappa shape index (κ3) is 5.96. The Morgan fingerprint density at radius 2 is 0.583 bits per heavy atom. The highest BCUT2D eigenvalue weighted by Gasteiger charge is 2.48. The van der Waals surface area contributed by atoms with Crippen molar-refractivity contribution in [3.05, 3.63) is 24.3 Å². The molecule has 1 rings (SSSR count). The van der Waals surface area contributed by atoms with Gasteiger partial charge in [-0.3, -0.25) is 0 Å². The lowest BCUT2D eigenvalue weighted by Crippen LogP contribution is -2.67. The molecule has 0 amide bonds. The highest BCUT2D eigenvalue weighted by atomic mass is 28.4. The molecule has 0 radical (unpaired) electrons. The minimum atomic E-state index is -1.59. The van der Waals surface area contributed by atoms with Crippen molar-refractivity contribution in [2.24, 2.45) is 0 Å². The zero-order valence-electron chi connectivity index (χ0n) is 26.7. The normalized spacial score (nSPS) is 13.2. The van der Waals surface area contributed by atoms with Gasteiger partial charge in [0.05, 0.1) is 0 Å². The molecule has 0 aliphatic heterocycles. The Balaban J connectivity index is 4.08. The molecular formula is C30H64N2Si4. The molecule has 0 aromatic heterocycles. The first kappa shape index (κ1) is 33.7. The fourth-order valence-electron chi connectivity index (χ4n) is 7.77. The molecule has 0 spiro atoms. The highest BCUT2D eigenvalue weighted by Crippen LogP contribution is 2.44. The lowest BCUT2D eigenvalue weighted by Gasteiger charge is -2.56. The second-order valence-electron chi connectivity index (χ2n) is 11.3. The molecule has 0 heterocycles. The smallest absolute Gasteiger partial charge is 0.147 e. The van der Waals surface area contributed by atoms with Crippen LogP contribution in [0.15, 0.2) is 24.3 Å². The summed E-state index contributed by atoms with van der Waals surface area (Å²) in [6, 6.07) is 26.7. The van der Waals surface area contributed by atoms with E-state index in [1.807, 2.05) is 0 Å². The van der Waals surface area contributed by atoms with E-state index < -0.39 is 32.9 Å². The standard InChI is InChI=1S/C30H64N2Si4/c1-13-33(14-2,15-3)31(34(16-4,17-5)18-6)29-26-25-27-30(28-29)32(35(19-7,20-8)21-9)36(22-10,23-11)24-12/h25-28H,13-24H2,1-12H3. The van der Waals surface area contributed by atoms with Crippen molar-refractivity contribution < 1.29 is 0 Å². The third-order valence-electron chi connectivity index (χ3n) is 11.1. The Morgan fingerprint density at radius 3 is 0.750 bits per heavy atom. The maximum absolute atomic E-state index is 3.22. The number of hydrogen-bond acceptors (Lipinski definition) is 2. The van der Waals surface area contributed by atoms with Crippen molar-refractivity contribution in [1.82, 2.24) is 0 Å². The van der Waals surface area contributed by atoms with E-state index in [0.29, 0.717) is 0 Å². The Labute approximate surface area is 232 Å². The first-order chi connectivity index (χ1) is 17.2. The molecule has 1 aromatic rings. The molecule has 6 heteroatoms. The molecule has 36 heavy (non-hydrogen) atoms. The van der Waals surface area contributed by atoms with Gasteiger partial charge in [-0.25, -0.2) is 0 Å². The van der Waals surface area contributed by atoms with Crippen LogP contribution in [-0.4, -0.2) is 32.9 Å². The number of nitrogens with zero attached hydrogens (tertiary/aromatic N) is 2. The molecule has 0 unspecified atom stereocenters. The first-order valence-corrected chi connectivity index (χ1v) is 26.2. The van der Waals surface area contributed by atoms with Crippen molar-refractivity contribution in [2.75, 3.05) is 8.46 Å². The van der Waals surface area contributed by atoms with E-state index in [1.165, 1.54) is 72.5 Å². The van der Waals surface area contributed by atoms with Gasteiger partial charge in [0, 0.05) is 11.4 Å². The van der Waals surface area contributed by atoms with Gasteiger partial charge in [0.15, 0.2) is 0 Å². The molecule has 0 aliphatic carbocycles. The molecule has 0 aliphatic rings. The molecule has 0 N–H and O–H groups in total. The van der Waals surface area contributed by atoms with Gasteiger partial charge >= 0.3 is 0 Å². The van der Waals surface area contributed by atoms with E-state index >= 15 is 0 Å². The van der Waals surface area contributed by atoms with Crippen molar-refractivity contribution in [2.45, 2.75) is 156 Å². The minimum absolute atomic E-state index is 1.37. The summed E-state index contributed by atoms with van der Waals surface area (Å²) in [5, 5.41) is 0. The fourth-order valence-corrected chi connectivity index (χ4v) is 34.1. The van der Waals surface area contributed by atoms with Gasteiger partial charge in [-0.2, -0.15) is 0 Å². The van der Waals surface area contributed by atoms with Crippen molar-refractivity contribution in [3.8, 4) is 0 Å². The van der Waals surface area contributed by atoms with Crippen molar-refractivity contribution >= 4 is 44.3 Å². The van der Waals surface area contributed by atoms with Crippen LogP contribution in [-0.2, 0) is 0 Å². The SMILES string of the molecule is CC[Si](CC)(CC)N(c1cccc(N([Si](CC)(CC)CC)[Si](CC)(CC)CC)c1)[Si](CC)(CC)CC. The largest absolute Gasteiger partial charge is 0.423 e. The summed E-state index contributed by atoms with van der Waals surface area (Å²) >= 11 is 0. The maximum Gasteiger partial charge on any atom is 0.147 e. The van der Waals surface area contributed by atoms with E-state index in [9.17, 15) is 0 Å². The highest BCUT2D eigenvalue weighted by molar-refractivity contribution is 7.03. The zero-order valence-corrected chi connectivity index (χ0v) is 30.7. The van der Waals surface area contributed by atoms with E-state index in [0.717, 1.165) is 0 Å². The van der Waals surface area contributed by atoms with Crippen LogP contribution in [0, 0.1) is 0 Å². The van der Waals surface area contributed by atoms with Crippen LogP contribution in [0.2, 0.25) is 72.5 Å². The molecule has 0 saturated carbocycles. The van der Waals surface area contributed by atoms with Gasteiger partial charge in [-0.15, -0.1) is 0 Å². The monoisotopic (exact) mass is 564 g/mol. The summed E-state index contributed by atoms with van der Waals surface area (Å²) in [5.41, 5.74) is 3.20. The van der Waals surface area contributed by atoms with E-state index in [4.69, 9.17) is 0 Å². The quantitative estimate of drug-likeness (QED) is 0.164. The van der Waals surface area contributed by atoms with Crippen LogP contribution < -0.4 is 8.46 Å². The molecule has 0 atom stereocenters. The van der Waals surface area contributed by atoms with Gasteiger partial charge < -0.3 is 8.46 Å². The zero-order chi connectivity index (χ0) is 27.6. The summed E-state index contributed by atoms with van der Waals surface area (Å²) in [6.45, 7) is 30.1. The Hall–Kier alpha value is -0.312. The molecule has 210 valence electrons. The Kier molecular flexibility index (Phi) is 13.8. The molecular weight excluding hydrogens is 501 g/mol. The van der Waals surface area contributed by atoms with E-state index in [1.54, 1.807) is 11.4 Å². The Bertz CT molecular complexity index is 621. The average molecular weight is 565 g/mol. The van der Waals surface area contributed by atoms with Crippen LogP contribution >= 0.6 is 0 Å². The molecule has 0 fully saturated rings. The molecule has 0 bridgehead atoms. The van der Waals surface area contributed by atoms with Gasteiger partial charge in [0.25, 0.3) is 0 Å². The molecule has 1 aromatic carbocycles.